The van der Waals surface area contributed by atoms with Crippen molar-refractivity contribution in [1.82, 2.24) is 0 Å². The van der Waals surface area contributed by atoms with Crippen LogP contribution < -0.4 is 0 Å². The summed E-state index contributed by atoms with van der Waals surface area (Å²) in [6.07, 6.45) is 0.0556. The fourth-order valence-corrected chi connectivity index (χ4v) is 2.91. The molecule has 1 aromatic heterocycles. The molecule has 0 saturated carbocycles. The number of aliphatic hydroxyl groups is 1. The molecule has 102 valence electrons. The first-order valence-electron chi connectivity index (χ1n) is 6.55. The Hall–Kier alpha value is -1.33. The van der Waals surface area contributed by atoms with Crippen LogP contribution in [0.3, 0.4) is 0 Å². The molecule has 1 atom stereocenters. The highest BCUT2D eigenvalue weighted by Crippen LogP contribution is 2.32. The van der Waals surface area contributed by atoms with Gasteiger partial charge < -0.3 is 9.52 Å². The molecule has 1 heterocycles. The van der Waals surface area contributed by atoms with Gasteiger partial charge in [-0.3, -0.25) is 0 Å². The number of benzene rings is 2. The Kier molecular flexibility index (Phi) is 3.81. The van der Waals surface area contributed by atoms with Crippen molar-refractivity contribution in [3.63, 3.8) is 0 Å². The van der Waals surface area contributed by atoms with E-state index in [0.717, 1.165) is 27.9 Å². The first kappa shape index (κ1) is 13.6. The Morgan fingerprint density at radius 1 is 1.10 bits per heavy atom. The van der Waals surface area contributed by atoms with Gasteiger partial charge in [-0.2, -0.15) is 0 Å². The van der Waals surface area contributed by atoms with E-state index < -0.39 is 6.10 Å². The minimum absolute atomic E-state index is 0.543. The lowest BCUT2D eigenvalue weighted by atomic mass is 9.99. The molecule has 0 fully saturated rings. The van der Waals surface area contributed by atoms with Gasteiger partial charge in [-0.25, -0.2) is 0 Å². The van der Waals surface area contributed by atoms with Crippen LogP contribution in [0.15, 0.2) is 52.9 Å². The fraction of sp³-hybridized carbons (Fsp3) is 0.176. The van der Waals surface area contributed by atoms with Crippen molar-refractivity contribution in [3.05, 3.63) is 69.0 Å². The molecule has 0 amide bonds. The van der Waals surface area contributed by atoms with Crippen molar-refractivity contribution in [1.29, 1.82) is 0 Å². The summed E-state index contributed by atoms with van der Waals surface area (Å²) in [5.74, 6) is 0.796. The maximum absolute atomic E-state index is 10.5. The summed E-state index contributed by atoms with van der Waals surface area (Å²) >= 11 is 2.28. The largest absolute Gasteiger partial charge is 0.461 e. The standard InChI is InChI=1S/C17H15IO2/c1-11-17(14-4-2-3-5-16(14)20-11)15(19)10-12-6-8-13(18)9-7-12/h2-9,15,19H,10H2,1H3. The molecule has 0 aliphatic rings. The van der Waals surface area contributed by atoms with Gasteiger partial charge >= 0.3 is 0 Å². The molecule has 0 aliphatic carbocycles. The zero-order valence-electron chi connectivity index (χ0n) is 11.1. The molecule has 0 spiro atoms. The average molecular weight is 378 g/mol. The highest BCUT2D eigenvalue weighted by molar-refractivity contribution is 14.1. The number of furan rings is 1. The van der Waals surface area contributed by atoms with Crippen molar-refractivity contribution in [3.8, 4) is 0 Å². The van der Waals surface area contributed by atoms with Crippen LogP contribution in [0, 0.1) is 10.5 Å². The van der Waals surface area contributed by atoms with E-state index in [2.05, 4.69) is 46.9 Å². The third kappa shape index (κ3) is 2.60. The molecule has 3 heteroatoms. The van der Waals surface area contributed by atoms with Crippen LogP contribution in [-0.4, -0.2) is 5.11 Å². The molecule has 1 N–H and O–H groups in total. The van der Waals surface area contributed by atoms with Crippen molar-refractivity contribution < 1.29 is 9.52 Å². The zero-order valence-corrected chi connectivity index (χ0v) is 13.3. The SMILES string of the molecule is Cc1oc2ccccc2c1C(O)Cc1ccc(I)cc1. The van der Waals surface area contributed by atoms with E-state index in [1.807, 2.05) is 31.2 Å². The fourth-order valence-electron chi connectivity index (χ4n) is 2.55. The summed E-state index contributed by atoms with van der Waals surface area (Å²) in [5.41, 5.74) is 2.86. The Balaban J connectivity index is 1.94. The normalized spacial score (nSPS) is 12.8. The minimum atomic E-state index is -0.543. The molecule has 20 heavy (non-hydrogen) atoms. The monoisotopic (exact) mass is 378 g/mol. The van der Waals surface area contributed by atoms with Crippen LogP contribution in [0.5, 0.6) is 0 Å². The molecule has 0 saturated heterocycles. The highest BCUT2D eigenvalue weighted by atomic mass is 127. The predicted molar refractivity (Wildman–Crippen MR) is 88.8 cm³/mol. The zero-order chi connectivity index (χ0) is 14.1. The van der Waals surface area contributed by atoms with E-state index in [1.165, 1.54) is 3.57 Å². The van der Waals surface area contributed by atoms with Gasteiger partial charge in [0.15, 0.2) is 0 Å². The topological polar surface area (TPSA) is 33.4 Å². The molecule has 2 nitrogen and oxygen atoms in total. The number of para-hydroxylation sites is 1. The molecule has 0 radical (unpaired) electrons. The molecule has 3 rings (SSSR count). The summed E-state index contributed by atoms with van der Waals surface area (Å²) in [5, 5.41) is 11.6. The van der Waals surface area contributed by atoms with E-state index in [4.69, 9.17) is 4.42 Å². The predicted octanol–water partition coefficient (Wildman–Crippen LogP) is 4.62. The van der Waals surface area contributed by atoms with Crippen LogP contribution in [0.4, 0.5) is 0 Å². The number of aliphatic hydroxyl groups excluding tert-OH is 1. The first-order valence-corrected chi connectivity index (χ1v) is 7.63. The van der Waals surface area contributed by atoms with Crippen molar-refractivity contribution in [2.75, 3.05) is 0 Å². The highest BCUT2D eigenvalue weighted by Gasteiger charge is 2.18. The van der Waals surface area contributed by atoms with Crippen LogP contribution in [0.2, 0.25) is 0 Å². The number of aryl methyl sites for hydroxylation is 1. The van der Waals surface area contributed by atoms with Gasteiger partial charge in [0.1, 0.15) is 11.3 Å². The molecular formula is C17H15IO2. The third-order valence-corrected chi connectivity index (χ3v) is 4.21. The Morgan fingerprint density at radius 3 is 2.55 bits per heavy atom. The van der Waals surface area contributed by atoms with Crippen molar-refractivity contribution in [2.45, 2.75) is 19.4 Å². The number of hydrogen-bond acceptors (Lipinski definition) is 2. The van der Waals surface area contributed by atoms with Gasteiger partial charge in [0.05, 0.1) is 6.10 Å². The maximum atomic E-state index is 10.5. The van der Waals surface area contributed by atoms with E-state index in [1.54, 1.807) is 0 Å². The van der Waals surface area contributed by atoms with Gasteiger partial charge in [-0.15, -0.1) is 0 Å². The van der Waals surface area contributed by atoms with Crippen LogP contribution in [0.25, 0.3) is 11.0 Å². The van der Waals surface area contributed by atoms with E-state index in [9.17, 15) is 5.11 Å². The lowest BCUT2D eigenvalue weighted by molar-refractivity contribution is 0.177. The number of fused-ring (bicyclic) bond motifs is 1. The van der Waals surface area contributed by atoms with Crippen LogP contribution in [-0.2, 0) is 6.42 Å². The molecule has 2 aromatic carbocycles. The molecular weight excluding hydrogens is 363 g/mol. The van der Waals surface area contributed by atoms with Crippen LogP contribution in [0.1, 0.15) is 23.0 Å². The van der Waals surface area contributed by atoms with Gasteiger partial charge in [0, 0.05) is 20.9 Å². The lowest BCUT2D eigenvalue weighted by Crippen LogP contribution is -2.02. The molecule has 0 aliphatic heterocycles. The molecule has 3 aromatic rings. The van der Waals surface area contributed by atoms with Gasteiger partial charge in [-0.1, -0.05) is 30.3 Å². The average Bonchev–Trinajstić information content (AvgIpc) is 2.77. The van der Waals surface area contributed by atoms with Crippen molar-refractivity contribution >= 4 is 33.6 Å². The van der Waals surface area contributed by atoms with Gasteiger partial charge in [-0.05, 0) is 53.3 Å². The minimum Gasteiger partial charge on any atom is -0.461 e. The number of rotatable bonds is 3. The second-order valence-electron chi connectivity index (χ2n) is 4.91. The number of hydrogen-bond donors (Lipinski definition) is 1. The molecule has 0 bridgehead atoms. The van der Waals surface area contributed by atoms with E-state index >= 15 is 0 Å². The number of halogens is 1. The summed E-state index contributed by atoms with van der Waals surface area (Å²) in [6.45, 7) is 1.91. The Morgan fingerprint density at radius 2 is 1.80 bits per heavy atom. The first-order chi connectivity index (χ1) is 9.65. The van der Waals surface area contributed by atoms with Gasteiger partial charge in [0.25, 0.3) is 0 Å². The second-order valence-corrected chi connectivity index (χ2v) is 6.16. The summed E-state index contributed by atoms with van der Waals surface area (Å²) in [7, 11) is 0. The Labute approximate surface area is 131 Å². The quantitative estimate of drug-likeness (QED) is 0.675. The van der Waals surface area contributed by atoms with E-state index in [0.29, 0.717) is 6.42 Å². The van der Waals surface area contributed by atoms with Crippen LogP contribution >= 0.6 is 22.6 Å². The Bertz CT molecular complexity index is 728. The van der Waals surface area contributed by atoms with Crippen molar-refractivity contribution in [2.24, 2.45) is 0 Å². The second kappa shape index (κ2) is 5.58. The van der Waals surface area contributed by atoms with Gasteiger partial charge in [0.2, 0.25) is 0 Å². The summed E-state index contributed by atoms with van der Waals surface area (Å²) in [4.78, 5) is 0. The third-order valence-electron chi connectivity index (χ3n) is 3.50. The lowest BCUT2D eigenvalue weighted by Gasteiger charge is -2.10. The summed E-state index contributed by atoms with van der Waals surface area (Å²) in [6, 6.07) is 16.1. The summed E-state index contributed by atoms with van der Waals surface area (Å²) < 4.78 is 6.92. The maximum Gasteiger partial charge on any atom is 0.134 e. The van der Waals surface area contributed by atoms with E-state index in [-0.39, 0.29) is 0 Å². The smallest absolute Gasteiger partial charge is 0.134 e. The molecule has 1 unspecified atom stereocenters.